The first-order valence-corrected chi connectivity index (χ1v) is 6.20. The van der Waals surface area contributed by atoms with Gasteiger partial charge in [0.2, 0.25) is 0 Å². The first kappa shape index (κ1) is 13.4. The fourth-order valence-corrected chi connectivity index (χ4v) is 2.17. The van der Waals surface area contributed by atoms with Crippen molar-refractivity contribution in [2.24, 2.45) is 5.84 Å². The van der Waals surface area contributed by atoms with Gasteiger partial charge in [0, 0.05) is 10.5 Å². The number of hydrogen-bond donors (Lipinski definition) is 2. The Morgan fingerprint density at radius 2 is 2.25 bits per heavy atom. The normalized spacial score (nSPS) is 12.5. The number of hydrazine groups is 1. The van der Waals surface area contributed by atoms with E-state index in [0.29, 0.717) is 0 Å². The van der Waals surface area contributed by atoms with Crippen LogP contribution in [0.5, 0.6) is 0 Å². The molecule has 0 aromatic heterocycles. The Hall–Kier alpha value is -0.640. The summed E-state index contributed by atoms with van der Waals surface area (Å²) in [6, 6.07) is 6.48. The molecular weight excluding hydrogens is 264 g/mol. The molecule has 0 heterocycles. The Labute approximate surface area is 106 Å². The molecule has 88 valence electrons. The fourth-order valence-electron chi connectivity index (χ4n) is 1.65. The van der Waals surface area contributed by atoms with Crippen molar-refractivity contribution in [3.63, 3.8) is 0 Å². The number of benzene rings is 1. The van der Waals surface area contributed by atoms with E-state index in [4.69, 9.17) is 5.84 Å². The second-order valence-corrected chi connectivity index (χ2v) is 5.09. The third-order valence-corrected chi connectivity index (χ3v) is 3.31. The highest BCUT2D eigenvalue weighted by Crippen LogP contribution is 2.27. The van der Waals surface area contributed by atoms with Crippen molar-refractivity contribution in [3.8, 4) is 0 Å². The molecule has 2 nitrogen and oxygen atoms in total. The van der Waals surface area contributed by atoms with Crippen molar-refractivity contribution >= 4 is 15.9 Å². The molecule has 0 amide bonds. The molecular formula is C13H19BrN2. The van der Waals surface area contributed by atoms with Crippen LogP contribution in [0.25, 0.3) is 0 Å². The molecule has 3 heteroatoms. The van der Waals surface area contributed by atoms with Crippen molar-refractivity contribution in [3.05, 3.63) is 46.0 Å². The number of rotatable bonds is 5. The SMILES string of the molecule is C=C(C)CCC(NN)c1cc(C)ccc1Br. The standard InChI is InChI=1S/C13H19BrN2/c1-9(2)4-7-13(16-15)11-8-10(3)5-6-12(11)14/h5-6,8,13,16H,1,4,7,15H2,2-3H3. The van der Waals surface area contributed by atoms with Crippen LogP contribution in [-0.4, -0.2) is 0 Å². The van der Waals surface area contributed by atoms with Gasteiger partial charge >= 0.3 is 0 Å². The van der Waals surface area contributed by atoms with Gasteiger partial charge in [0.1, 0.15) is 0 Å². The maximum atomic E-state index is 5.61. The molecule has 1 unspecified atom stereocenters. The zero-order valence-corrected chi connectivity index (χ0v) is 11.5. The van der Waals surface area contributed by atoms with Gasteiger partial charge in [-0.15, -0.1) is 6.58 Å². The van der Waals surface area contributed by atoms with Gasteiger partial charge in [-0.2, -0.15) is 0 Å². The van der Waals surface area contributed by atoms with E-state index < -0.39 is 0 Å². The lowest BCUT2D eigenvalue weighted by Gasteiger charge is -2.18. The van der Waals surface area contributed by atoms with E-state index in [1.165, 1.54) is 16.7 Å². The number of halogens is 1. The molecule has 0 aliphatic heterocycles. The average molecular weight is 283 g/mol. The molecule has 0 aliphatic rings. The molecule has 1 aromatic carbocycles. The van der Waals surface area contributed by atoms with Crippen LogP contribution in [0.1, 0.15) is 36.9 Å². The predicted molar refractivity (Wildman–Crippen MR) is 73.0 cm³/mol. The lowest BCUT2D eigenvalue weighted by Crippen LogP contribution is -2.28. The molecule has 0 fully saturated rings. The maximum absolute atomic E-state index is 5.61. The zero-order chi connectivity index (χ0) is 12.1. The average Bonchev–Trinajstić information content (AvgIpc) is 2.23. The minimum Gasteiger partial charge on any atom is -0.271 e. The Morgan fingerprint density at radius 1 is 1.56 bits per heavy atom. The number of allylic oxidation sites excluding steroid dienone is 1. The number of nitrogens with two attached hydrogens (primary N) is 1. The first-order chi connectivity index (χ1) is 7.54. The third kappa shape index (κ3) is 3.74. The summed E-state index contributed by atoms with van der Waals surface area (Å²) in [6.45, 7) is 8.04. The summed E-state index contributed by atoms with van der Waals surface area (Å²) in [6.07, 6.45) is 1.95. The van der Waals surface area contributed by atoms with Crippen LogP contribution >= 0.6 is 15.9 Å². The van der Waals surface area contributed by atoms with Crippen LogP contribution in [0, 0.1) is 6.92 Å². The topological polar surface area (TPSA) is 38.0 Å². The number of nitrogens with one attached hydrogen (secondary N) is 1. The van der Waals surface area contributed by atoms with E-state index in [9.17, 15) is 0 Å². The predicted octanol–water partition coefficient (Wildman–Crippen LogP) is 3.62. The van der Waals surface area contributed by atoms with Crippen LogP contribution in [0.3, 0.4) is 0 Å². The van der Waals surface area contributed by atoms with Gasteiger partial charge in [-0.1, -0.05) is 39.2 Å². The highest BCUT2D eigenvalue weighted by molar-refractivity contribution is 9.10. The summed E-state index contributed by atoms with van der Waals surface area (Å²) in [4.78, 5) is 0. The summed E-state index contributed by atoms with van der Waals surface area (Å²) in [5.41, 5.74) is 6.51. The molecule has 3 N–H and O–H groups in total. The molecule has 1 aromatic rings. The van der Waals surface area contributed by atoms with E-state index in [0.717, 1.165) is 17.3 Å². The quantitative estimate of drug-likeness (QED) is 0.492. The highest BCUT2D eigenvalue weighted by Gasteiger charge is 2.12. The van der Waals surface area contributed by atoms with Gasteiger partial charge in [0.15, 0.2) is 0 Å². The molecule has 0 saturated carbocycles. The van der Waals surface area contributed by atoms with E-state index in [-0.39, 0.29) is 6.04 Å². The Morgan fingerprint density at radius 3 is 2.81 bits per heavy atom. The minimum absolute atomic E-state index is 0.172. The highest BCUT2D eigenvalue weighted by atomic mass is 79.9. The molecule has 16 heavy (non-hydrogen) atoms. The second-order valence-electron chi connectivity index (χ2n) is 4.24. The first-order valence-electron chi connectivity index (χ1n) is 5.41. The second kappa shape index (κ2) is 6.18. The Kier molecular flexibility index (Phi) is 5.19. The molecule has 0 saturated heterocycles. The van der Waals surface area contributed by atoms with Crippen LogP contribution in [0.4, 0.5) is 0 Å². The van der Waals surface area contributed by atoms with Gasteiger partial charge in [0.25, 0.3) is 0 Å². The molecule has 0 aliphatic carbocycles. The summed E-state index contributed by atoms with van der Waals surface area (Å²) in [5, 5.41) is 0. The van der Waals surface area contributed by atoms with Crippen molar-refractivity contribution in [1.82, 2.24) is 5.43 Å². The summed E-state index contributed by atoms with van der Waals surface area (Å²) in [5.74, 6) is 5.61. The Balaban J connectivity index is 2.85. The van der Waals surface area contributed by atoms with Crippen LogP contribution in [0.2, 0.25) is 0 Å². The van der Waals surface area contributed by atoms with E-state index in [1.54, 1.807) is 0 Å². The van der Waals surface area contributed by atoms with Crippen LogP contribution in [0.15, 0.2) is 34.8 Å². The largest absolute Gasteiger partial charge is 0.271 e. The van der Waals surface area contributed by atoms with Crippen molar-refractivity contribution in [2.45, 2.75) is 32.7 Å². The van der Waals surface area contributed by atoms with E-state index in [2.05, 4.69) is 53.1 Å². The van der Waals surface area contributed by atoms with Crippen molar-refractivity contribution in [2.75, 3.05) is 0 Å². The molecule has 0 spiro atoms. The molecule has 1 rings (SSSR count). The summed E-state index contributed by atoms with van der Waals surface area (Å²) < 4.78 is 1.10. The van der Waals surface area contributed by atoms with Gasteiger partial charge in [-0.3, -0.25) is 11.3 Å². The number of hydrogen-bond acceptors (Lipinski definition) is 2. The van der Waals surface area contributed by atoms with Gasteiger partial charge < -0.3 is 0 Å². The number of aryl methyl sites for hydroxylation is 1. The van der Waals surface area contributed by atoms with Gasteiger partial charge in [-0.25, -0.2) is 0 Å². The van der Waals surface area contributed by atoms with E-state index in [1.807, 2.05) is 6.92 Å². The van der Waals surface area contributed by atoms with E-state index >= 15 is 0 Å². The molecule has 0 bridgehead atoms. The lowest BCUT2D eigenvalue weighted by molar-refractivity contribution is 0.514. The van der Waals surface area contributed by atoms with Crippen molar-refractivity contribution < 1.29 is 0 Å². The maximum Gasteiger partial charge on any atom is 0.0474 e. The van der Waals surface area contributed by atoms with Gasteiger partial charge in [0.05, 0.1) is 0 Å². The zero-order valence-electron chi connectivity index (χ0n) is 9.89. The molecule has 0 radical (unpaired) electrons. The van der Waals surface area contributed by atoms with Gasteiger partial charge in [-0.05, 0) is 38.3 Å². The molecule has 1 atom stereocenters. The monoisotopic (exact) mass is 282 g/mol. The van der Waals surface area contributed by atoms with Crippen LogP contribution < -0.4 is 11.3 Å². The smallest absolute Gasteiger partial charge is 0.0474 e. The minimum atomic E-state index is 0.172. The van der Waals surface area contributed by atoms with Crippen molar-refractivity contribution in [1.29, 1.82) is 0 Å². The summed E-state index contributed by atoms with van der Waals surface area (Å²) >= 11 is 3.56. The third-order valence-electron chi connectivity index (χ3n) is 2.59. The lowest BCUT2D eigenvalue weighted by atomic mass is 9.99. The fraction of sp³-hybridized carbons (Fsp3) is 0.385. The summed E-state index contributed by atoms with van der Waals surface area (Å²) in [7, 11) is 0. The van der Waals surface area contributed by atoms with Crippen LogP contribution in [-0.2, 0) is 0 Å². The Bertz CT molecular complexity index is 374.